The maximum Gasteiger partial charge on any atom is 0.415 e. The van der Waals surface area contributed by atoms with Crippen molar-refractivity contribution in [1.29, 1.82) is 0 Å². The highest BCUT2D eigenvalue weighted by Crippen LogP contribution is 2.22. The summed E-state index contributed by atoms with van der Waals surface area (Å²) in [5.41, 5.74) is 0. The maximum absolute atomic E-state index is 12.2. The number of amides is 1. The fourth-order valence-electron chi connectivity index (χ4n) is 2.86. The van der Waals surface area contributed by atoms with Crippen LogP contribution in [0.15, 0.2) is 30.3 Å². The second kappa shape index (κ2) is 6.26. The Morgan fingerprint density at radius 1 is 1.05 bits per heavy atom. The van der Waals surface area contributed by atoms with Crippen molar-refractivity contribution in [1.82, 2.24) is 9.80 Å². The molecule has 21 heavy (non-hydrogen) atoms. The van der Waals surface area contributed by atoms with Gasteiger partial charge in [-0.1, -0.05) is 18.2 Å². The lowest BCUT2D eigenvalue weighted by Crippen LogP contribution is -2.46. The number of rotatable bonds is 2. The molecule has 1 aliphatic carbocycles. The van der Waals surface area contributed by atoms with Gasteiger partial charge in [-0.2, -0.15) is 0 Å². The molecule has 2 fully saturated rings. The maximum atomic E-state index is 12.2. The number of ketones is 1. The van der Waals surface area contributed by atoms with Crippen LogP contribution in [0.5, 0.6) is 5.75 Å². The summed E-state index contributed by atoms with van der Waals surface area (Å²) in [6, 6.07) is 9.54. The minimum absolute atomic E-state index is 0.285. The number of Topliss-reactive ketones (excluding diaryl/α,β-unsaturated/α-hetero) is 1. The minimum atomic E-state index is -0.285. The van der Waals surface area contributed by atoms with E-state index in [1.54, 1.807) is 17.0 Å². The predicted octanol–water partition coefficient (Wildman–Crippen LogP) is 1.92. The zero-order valence-electron chi connectivity index (χ0n) is 12.0. The highest BCUT2D eigenvalue weighted by molar-refractivity contribution is 5.85. The zero-order chi connectivity index (χ0) is 14.7. The van der Waals surface area contributed by atoms with E-state index < -0.39 is 0 Å². The molecule has 0 spiro atoms. The number of hydrogen-bond acceptors (Lipinski definition) is 4. The number of carbonyl (C=O) groups excluding carboxylic acids is 2. The first-order valence-corrected chi connectivity index (χ1v) is 7.50. The van der Waals surface area contributed by atoms with Crippen molar-refractivity contribution < 1.29 is 14.3 Å². The van der Waals surface area contributed by atoms with E-state index in [1.807, 2.05) is 18.2 Å². The SMILES string of the molecule is O=C1CC(N2CCCN(C(=O)Oc3ccccc3)CC2)C1. The van der Waals surface area contributed by atoms with Gasteiger partial charge in [-0.3, -0.25) is 9.69 Å². The lowest BCUT2D eigenvalue weighted by molar-refractivity contribution is -0.128. The molecule has 0 atom stereocenters. The Kier molecular flexibility index (Phi) is 4.20. The highest BCUT2D eigenvalue weighted by Gasteiger charge is 2.33. The van der Waals surface area contributed by atoms with E-state index in [0.717, 1.165) is 19.5 Å². The van der Waals surface area contributed by atoms with Crippen molar-refractivity contribution >= 4 is 11.9 Å². The summed E-state index contributed by atoms with van der Waals surface area (Å²) in [4.78, 5) is 27.4. The summed E-state index contributed by atoms with van der Waals surface area (Å²) in [6.07, 6.45) is 1.99. The molecule has 0 bridgehead atoms. The molecule has 5 nitrogen and oxygen atoms in total. The Morgan fingerprint density at radius 2 is 1.81 bits per heavy atom. The fourth-order valence-corrected chi connectivity index (χ4v) is 2.86. The normalized spacial score (nSPS) is 20.8. The van der Waals surface area contributed by atoms with Gasteiger partial charge in [0.25, 0.3) is 0 Å². The van der Waals surface area contributed by atoms with Gasteiger partial charge in [0.15, 0.2) is 0 Å². The molecule has 0 radical (unpaired) electrons. The first-order chi connectivity index (χ1) is 10.2. The molecule has 1 saturated carbocycles. The van der Waals surface area contributed by atoms with Crippen molar-refractivity contribution in [3.63, 3.8) is 0 Å². The van der Waals surface area contributed by atoms with Gasteiger partial charge in [0.05, 0.1) is 0 Å². The molecule has 0 aromatic heterocycles. The number of para-hydroxylation sites is 1. The third-order valence-electron chi connectivity index (χ3n) is 4.18. The average Bonchev–Trinajstić information content (AvgIpc) is 2.71. The third kappa shape index (κ3) is 3.42. The number of hydrogen-bond donors (Lipinski definition) is 0. The first-order valence-electron chi connectivity index (χ1n) is 7.50. The summed E-state index contributed by atoms with van der Waals surface area (Å²) < 4.78 is 5.38. The first kappa shape index (κ1) is 14.1. The van der Waals surface area contributed by atoms with Crippen molar-refractivity contribution in [2.24, 2.45) is 0 Å². The van der Waals surface area contributed by atoms with Gasteiger partial charge >= 0.3 is 6.09 Å². The van der Waals surface area contributed by atoms with E-state index in [4.69, 9.17) is 4.74 Å². The molecule has 1 aromatic rings. The van der Waals surface area contributed by atoms with E-state index in [1.165, 1.54) is 0 Å². The number of nitrogens with zero attached hydrogens (tertiary/aromatic N) is 2. The minimum Gasteiger partial charge on any atom is -0.410 e. The van der Waals surface area contributed by atoms with Crippen LogP contribution in [0.1, 0.15) is 19.3 Å². The lowest BCUT2D eigenvalue weighted by Gasteiger charge is -2.35. The molecule has 5 heteroatoms. The number of benzene rings is 1. The molecule has 3 rings (SSSR count). The summed E-state index contributed by atoms with van der Waals surface area (Å²) in [7, 11) is 0. The van der Waals surface area contributed by atoms with Gasteiger partial charge in [0.1, 0.15) is 11.5 Å². The Bertz CT molecular complexity index is 510. The van der Waals surface area contributed by atoms with E-state index in [9.17, 15) is 9.59 Å². The van der Waals surface area contributed by atoms with Crippen molar-refractivity contribution in [2.45, 2.75) is 25.3 Å². The van der Waals surface area contributed by atoms with E-state index in [2.05, 4.69) is 4.90 Å². The monoisotopic (exact) mass is 288 g/mol. The Balaban J connectivity index is 1.52. The second-order valence-corrected chi connectivity index (χ2v) is 5.66. The number of carbonyl (C=O) groups is 2. The summed E-state index contributed by atoms with van der Waals surface area (Å²) in [5.74, 6) is 0.929. The smallest absolute Gasteiger partial charge is 0.410 e. The standard InChI is InChI=1S/C16H20N2O3/c19-14-11-13(12-14)17-7-4-8-18(10-9-17)16(20)21-15-5-2-1-3-6-15/h1-3,5-6,13H,4,7-12H2. The van der Waals surface area contributed by atoms with Crippen LogP contribution in [0.4, 0.5) is 4.79 Å². The van der Waals surface area contributed by atoms with Crippen molar-refractivity contribution in [3.8, 4) is 5.75 Å². The van der Waals surface area contributed by atoms with Crippen LogP contribution in [0.3, 0.4) is 0 Å². The van der Waals surface area contributed by atoms with Crippen LogP contribution in [-0.4, -0.2) is 53.9 Å². The van der Waals surface area contributed by atoms with Crippen LogP contribution >= 0.6 is 0 Å². The Hall–Kier alpha value is -1.88. The molecule has 1 saturated heterocycles. The molecule has 1 aromatic carbocycles. The van der Waals surface area contributed by atoms with Gasteiger partial charge in [0.2, 0.25) is 0 Å². The average molecular weight is 288 g/mol. The molecule has 1 aliphatic heterocycles. The quantitative estimate of drug-likeness (QED) is 0.834. The Morgan fingerprint density at radius 3 is 2.52 bits per heavy atom. The van der Waals surface area contributed by atoms with Gasteiger partial charge in [-0.25, -0.2) is 4.79 Å². The largest absolute Gasteiger partial charge is 0.415 e. The molecule has 1 amide bonds. The van der Waals surface area contributed by atoms with Crippen LogP contribution in [-0.2, 0) is 4.79 Å². The fraction of sp³-hybridized carbons (Fsp3) is 0.500. The topological polar surface area (TPSA) is 49.9 Å². The summed E-state index contributed by atoms with van der Waals surface area (Å²) in [5, 5.41) is 0. The van der Waals surface area contributed by atoms with Gasteiger partial charge < -0.3 is 9.64 Å². The number of ether oxygens (including phenoxy) is 1. The molecule has 0 N–H and O–H groups in total. The second-order valence-electron chi connectivity index (χ2n) is 5.66. The van der Waals surface area contributed by atoms with Gasteiger partial charge in [-0.05, 0) is 18.6 Å². The predicted molar refractivity (Wildman–Crippen MR) is 78.3 cm³/mol. The molecule has 0 unspecified atom stereocenters. The van der Waals surface area contributed by atoms with Crippen LogP contribution in [0, 0.1) is 0 Å². The molecule has 112 valence electrons. The van der Waals surface area contributed by atoms with Gasteiger partial charge in [-0.15, -0.1) is 0 Å². The zero-order valence-corrected chi connectivity index (χ0v) is 12.0. The third-order valence-corrected chi connectivity index (χ3v) is 4.18. The molecular formula is C16H20N2O3. The van der Waals surface area contributed by atoms with Crippen molar-refractivity contribution in [3.05, 3.63) is 30.3 Å². The van der Waals surface area contributed by atoms with Crippen LogP contribution in [0.2, 0.25) is 0 Å². The molecular weight excluding hydrogens is 268 g/mol. The molecule has 2 aliphatic rings. The van der Waals surface area contributed by atoms with E-state index in [0.29, 0.717) is 43.5 Å². The molecule has 1 heterocycles. The van der Waals surface area contributed by atoms with Crippen LogP contribution in [0.25, 0.3) is 0 Å². The van der Waals surface area contributed by atoms with E-state index >= 15 is 0 Å². The Labute approximate surface area is 124 Å². The summed E-state index contributed by atoms with van der Waals surface area (Å²) in [6.45, 7) is 3.15. The van der Waals surface area contributed by atoms with Gasteiger partial charge in [0, 0.05) is 45.1 Å². The van der Waals surface area contributed by atoms with E-state index in [-0.39, 0.29) is 6.09 Å². The highest BCUT2D eigenvalue weighted by atomic mass is 16.6. The van der Waals surface area contributed by atoms with Crippen LogP contribution < -0.4 is 4.74 Å². The van der Waals surface area contributed by atoms with Crippen molar-refractivity contribution in [2.75, 3.05) is 26.2 Å². The lowest BCUT2D eigenvalue weighted by atomic mass is 9.90. The summed E-state index contributed by atoms with van der Waals surface area (Å²) >= 11 is 0.